The van der Waals surface area contributed by atoms with E-state index in [2.05, 4.69) is 34.1 Å². The summed E-state index contributed by atoms with van der Waals surface area (Å²) < 4.78 is 12.7. The molecule has 5 heteroatoms. The van der Waals surface area contributed by atoms with Gasteiger partial charge in [0.05, 0.1) is 14.2 Å². The molecule has 0 fully saturated rings. The van der Waals surface area contributed by atoms with Gasteiger partial charge in [0.15, 0.2) is 0 Å². The van der Waals surface area contributed by atoms with Crippen LogP contribution in [0.1, 0.15) is 17.5 Å². The lowest BCUT2D eigenvalue weighted by Crippen LogP contribution is -2.23. The summed E-state index contributed by atoms with van der Waals surface area (Å²) in [5.74, 6) is 1.50. The van der Waals surface area contributed by atoms with Crippen LogP contribution in [0, 0.1) is 0 Å². The number of fused-ring (bicyclic) bond motifs is 1. The van der Waals surface area contributed by atoms with Crippen LogP contribution in [0.5, 0.6) is 11.5 Å². The Balaban J connectivity index is 1.57. The Hall–Kier alpha value is -2.95. The molecule has 3 rings (SSSR count). The van der Waals surface area contributed by atoms with Crippen LogP contribution >= 0.6 is 0 Å². The minimum absolute atomic E-state index is 0.0167. The van der Waals surface area contributed by atoms with Gasteiger partial charge in [0.1, 0.15) is 11.5 Å². The Morgan fingerprint density at radius 1 is 1.08 bits per heavy atom. The predicted octanol–water partition coefficient (Wildman–Crippen LogP) is 3.44. The SMILES string of the molecule is COc1ccc(OC)c(CNC(=O)CCc2ccc3c(ccn3C)c2)c1. The van der Waals surface area contributed by atoms with Gasteiger partial charge in [-0.15, -0.1) is 0 Å². The lowest BCUT2D eigenvalue weighted by molar-refractivity contribution is -0.121. The first kappa shape index (κ1) is 17.9. The highest BCUT2D eigenvalue weighted by molar-refractivity contribution is 5.81. The van der Waals surface area contributed by atoms with E-state index in [1.54, 1.807) is 14.2 Å². The van der Waals surface area contributed by atoms with Gasteiger partial charge in [-0.2, -0.15) is 0 Å². The molecule has 0 atom stereocenters. The molecule has 0 saturated heterocycles. The second-order valence-electron chi connectivity index (χ2n) is 6.27. The van der Waals surface area contributed by atoms with Crippen molar-refractivity contribution >= 4 is 16.8 Å². The van der Waals surface area contributed by atoms with Crippen LogP contribution in [-0.2, 0) is 24.8 Å². The minimum atomic E-state index is 0.0167. The van der Waals surface area contributed by atoms with Crippen molar-refractivity contribution in [2.45, 2.75) is 19.4 Å². The van der Waals surface area contributed by atoms with Crippen molar-refractivity contribution in [2.75, 3.05) is 14.2 Å². The van der Waals surface area contributed by atoms with Crippen molar-refractivity contribution in [3.05, 3.63) is 59.8 Å². The molecule has 1 amide bonds. The number of methoxy groups -OCH3 is 2. The smallest absolute Gasteiger partial charge is 0.220 e. The molecule has 0 aliphatic rings. The Morgan fingerprint density at radius 2 is 1.92 bits per heavy atom. The van der Waals surface area contributed by atoms with E-state index in [-0.39, 0.29) is 5.91 Å². The standard InChI is InChI=1S/C21H24N2O3/c1-23-11-10-16-12-15(4-7-19(16)23)5-9-21(24)22-14-17-13-18(25-2)6-8-20(17)26-3/h4,6-8,10-13H,5,9,14H2,1-3H3,(H,22,24). The highest BCUT2D eigenvalue weighted by Gasteiger charge is 2.08. The molecule has 0 aliphatic carbocycles. The molecule has 26 heavy (non-hydrogen) atoms. The number of ether oxygens (including phenoxy) is 2. The number of aryl methyl sites for hydroxylation is 2. The van der Waals surface area contributed by atoms with Crippen LogP contribution in [0.4, 0.5) is 0 Å². The third-order valence-corrected chi connectivity index (χ3v) is 4.55. The first-order chi connectivity index (χ1) is 12.6. The fraction of sp³-hybridized carbons (Fsp3) is 0.286. The van der Waals surface area contributed by atoms with E-state index >= 15 is 0 Å². The number of nitrogens with one attached hydrogen (secondary N) is 1. The Kier molecular flexibility index (Phi) is 5.46. The van der Waals surface area contributed by atoms with Gasteiger partial charge < -0.3 is 19.4 Å². The van der Waals surface area contributed by atoms with Crippen LogP contribution in [-0.4, -0.2) is 24.7 Å². The van der Waals surface area contributed by atoms with Crippen molar-refractivity contribution in [2.24, 2.45) is 7.05 Å². The molecular weight excluding hydrogens is 328 g/mol. The number of amides is 1. The van der Waals surface area contributed by atoms with Crippen molar-refractivity contribution < 1.29 is 14.3 Å². The Morgan fingerprint density at radius 3 is 2.69 bits per heavy atom. The van der Waals surface area contributed by atoms with Gasteiger partial charge in [-0.3, -0.25) is 4.79 Å². The largest absolute Gasteiger partial charge is 0.497 e. The number of carbonyl (C=O) groups excluding carboxylic acids is 1. The molecule has 0 radical (unpaired) electrons. The fourth-order valence-corrected chi connectivity index (χ4v) is 3.05. The van der Waals surface area contributed by atoms with E-state index in [0.717, 1.165) is 22.6 Å². The monoisotopic (exact) mass is 352 g/mol. The van der Waals surface area contributed by atoms with Gasteiger partial charge in [0.2, 0.25) is 5.91 Å². The van der Waals surface area contributed by atoms with Gasteiger partial charge in [-0.1, -0.05) is 6.07 Å². The molecule has 2 aromatic carbocycles. The highest BCUT2D eigenvalue weighted by Crippen LogP contribution is 2.23. The quantitative estimate of drug-likeness (QED) is 0.709. The minimum Gasteiger partial charge on any atom is -0.497 e. The lowest BCUT2D eigenvalue weighted by Gasteiger charge is -2.11. The third-order valence-electron chi connectivity index (χ3n) is 4.55. The summed E-state index contributed by atoms with van der Waals surface area (Å²) in [6.07, 6.45) is 3.21. The zero-order valence-corrected chi connectivity index (χ0v) is 15.4. The molecular formula is C21H24N2O3. The number of benzene rings is 2. The maximum absolute atomic E-state index is 12.2. The molecule has 136 valence electrons. The second-order valence-corrected chi connectivity index (χ2v) is 6.27. The summed E-state index contributed by atoms with van der Waals surface area (Å²) in [6.45, 7) is 0.414. The van der Waals surface area contributed by atoms with E-state index < -0.39 is 0 Å². The van der Waals surface area contributed by atoms with E-state index in [1.165, 1.54) is 10.9 Å². The predicted molar refractivity (Wildman–Crippen MR) is 103 cm³/mol. The number of carbonyl (C=O) groups is 1. The van der Waals surface area contributed by atoms with Gasteiger partial charge in [-0.05, 0) is 53.8 Å². The molecule has 0 bridgehead atoms. The number of hydrogen-bond acceptors (Lipinski definition) is 3. The normalized spacial score (nSPS) is 10.7. The van der Waals surface area contributed by atoms with E-state index in [0.29, 0.717) is 19.4 Å². The topological polar surface area (TPSA) is 52.5 Å². The highest BCUT2D eigenvalue weighted by atomic mass is 16.5. The summed E-state index contributed by atoms with van der Waals surface area (Å²) in [6, 6.07) is 14.0. The maximum atomic E-state index is 12.2. The Labute approximate surface area is 153 Å². The van der Waals surface area contributed by atoms with Gasteiger partial charge in [0.25, 0.3) is 0 Å². The average molecular weight is 352 g/mol. The molecule has 0 saturated carbocycles. The molecule has 0 spiro atoms. The summed E-state index contributed by atoms with van der Waals surface area (Å²) in [5, 5.41) is 4.16. The van der Waals surface area contributed by atoms with Crippen LogP contribution < -0.4 is 14.8 Å². The second kappa shape index (κ2) is 7.95. The van der Waals surface area contributed by atoms with Crippen molar-refractivity contribution in [1.29, 1.82) is 0 Å². The third kappa shape index (κ3) is 3.99. The van der Waals surface area contributed by atoms with E-state index in [9.17, 15) is 4.79 Å². The zero-order valence-electron chi connectivity index (χ0n) is 15.4. The summed E-state index contributed by atoms with van der Waals surface area (Å²) in [4.78, 5) is 12.2. The molecule has 5 nitrogen and oxygen atoms in total. The molecule has 1 aromatic heterocycles. The Bertz CT molecular complexity index is 915. The van der Waals surface area contributed by atoms with Gasteiger partial charge >= 0.3 is 0 Å². The zero-order chi connectivity index (χ0) is 18.5. The first-order valence-corrected chi connectivity index (χ1v) is 8.62. The maximum Gasteiger partial charge on any atom is 0.220 e. The number of hydrogen-bond donors (Lipinski definition) is 1. The van der Waals surface area contributed by atoms with Crippen molar-refractivity contribution in [1.82, 2.24) is 9.88 Å². The number of rotatable bonds is 7. The lowest BCUT2D eigenvalue weighted by atomic mass is 10.1. The van der Waals surface area contributed by atoms with E-state index in [1.807, 2.05) is 31.4 Å². The summed E-state index contributed by atoms with van der Waals surface area (Å²) in [5.41, 5.74) is 3.26. The molecule has 0 aliphatic heterocycles. The van der Waals surface area contributed by atoms with Crippen LogP contribution in [0.15, 0.2) is 48.7 Å². The number of aromatic nitrogens is 1. The van der Waals surface area contributed by atoms with Gasteiger partial charge in [-0.25, -0.2) is 0 Å². The molecule has 3 aromatic rings. The average Bonchev–Trinajstić information content (AvgIpc) is 3.04. The van der Waals surface area contributed by atoms with Crippen LogP contribution in [0.3, 0.4) is 0 Å². The molecule has 0 unspecified atom stereocenters. The molecule has 1 heterocycles. The van der Waals surface area contributed by atoms with Crippen LogP contribution in [0.2, 0.25) is 0 Å². The van der Waals surface area contributed by atoms with E-state index in [4.69, 9.17) is 9.47 Å². The summed E-state index contributed by atoms with van der Waals surface area (Å²) >= 11 is 0. The van der Waals surface area contributed by atoms with Crippen molar-refractivity contribution in [3.8, 4) is 11.5 Å². The van der Waals surface area contributed by atoms with Crippen LogP contribution in [0.25, 0.3) is 10.9 Å². The first-order valence-electron chi connectivity index (χ1n) is 8.62. The molecule has 1 N–H and O–H groups in total. The van der Waals surface area contributed by atoms with Gasteiger partial charge in [0, 0.05) is 37.3 Å². The summed E-state index contributed by atoms with van der Waals surface area (Å²) in [7, 11) is 5.27. The number of nitrogens with zero attached hydrogens (tertiary/aromatic N) is 1. The fourth-order valence-electron chi connectivity index (χ4n) is 3.05. The van der Waals surface area contributed by atoms with Crippen molar-refractivity contribution in [3.63, 3.8) is 0 Å².